The minimum atomic E-state index is -4.38. The number of alkyl halides is 3. The lowest BCUT2D eigenvalue weighted by atomic mass is 10.1. The highest BCUT2D eigenvalue weighted by Crippen LogP contribution is 2.30. The molecule has 1 atom stereocenters. The highest BCUT2D eigenvalue weighted by Gasteiger charge is 2.30. The molecule has 0 heterocycles. The molecule has 0 fully saturated rings. The fraction of sp³-hybridized carbons (Fsp3) is 0.571. The molecule has 0 saturated carbocycles. The van der Waals surface area contributed by atoms with Crippen LogP contribution in [0.1, 0.15) is 25.3 Å². The first-order chi connectivity index (χ1) is 10.1. The van der Waals surface area contributed by atoms with Crippen LogP contribution in [0.25, 0.3) is 0 Å². The van der Waals surface area contributed by atoms with Crippen LogP contribution in [0.15, 0.2) is 24.3 Å². The normalized spacial score (nSPS) is 13.9. The largest absolute Gasteiger partial charge is 0.493 e. The summed E-state index contributed by atoms with van der Waals surface area (Å²) >= 11 is 0. The first kappa shape index (κ1) is 18.8. The highest BCUT2D eigenvalue weighted by atomic mass is 32.2. The molecule has 0 aliphatic heterocycles. The fourth-order valence-electron chi connectivity index (χ4n) is 1.80. The van der Waals surface area contributed by atoms with Crippen LogP contribution in [0.4, 0.5) is 13.2 Å². The molecule has 0 amide bonds. The van der Waals surface area contributed by atoms with Gasteiger partial charge in [-0.25, -0.2) is 0 Å². The van der Waals surface area contributed by atoms with Crippen molar-refractivity contribution in [1.82, 2.24) is 0 Å². The van der Waals surface area contributed by atoms with Crippen molar-refractivity contribution < 1.29 is 30.5 Å². The molecule has 0 radical (unpaired) electrons. The molecule has 1 aromatic carbocycles. The number of hydrogen-bond donors (Lipinski definition) is 0. The Labute approximate surface area is 128 Å². The van der Waals surface area contributed by atoms with Crippen molar-refractivity contribution in [3.63, 3.8) is 0 Å². The molecule has 8 heteroatoms. The Morgan fingerprint density at radius 1 is 1.14 bits per heavy atom. The van der Waals surface area contributed by atoms with E-state index in [2.05, 4.69) is 0 Å². The van der Waals surface area contributed by atoms with Gasteiger partial charge in [0.15, 0.2) is 0 Å². The molecule has 0 spiro atoms. The smallest absolute Gasteiger partial charge is 0.416 e. The van der Waals surface area contributed by atoms with Crippen molar-refractivity contribution in [3.05, 3.63) is 29.8 Å². The Bertz CT molecular complexity index is 552. The van der Waals surface area contributed by atoms with Gasteiger partial charge in [-0.05, 0) is 30.7 Å². The molecule has 4 nitrogen and oxygen atoms in total. The summed E-state index contributed by atoms with van der Waals surface area (Å²) < 4.78 is 69.4. The summed E-state index contributed by atoms with van der Waals surface area (Å²) in [4.78, 5) is 0. The van der Waals surface area contributed by atoms with Gasteiger partial charge in [-0.2, -0.15) is 21.6 Å². The van der Waals surface area contributed by atoms with Crippen LogP contribution in [0.5, 0.6) is 5.75 Å². The number of halogens is 3. The fourth-order valence-corrected chi connectivity index (χ4v) is 2.24. The zero-order valence-corrected chi connectivity index (χ0v) is 13.2. The molecule has 1 unspecified atom stereocenters. The standard InChI is InChI=1S/C14H19F3O4S/c1-3-4-11(10-21-22(2,18)19)9-20-13-7-5-12(6-8-13)14(15,16)17/h5-8,11H,3-4,9-10H2,1-2H3. The van der Waals surface area contributed by atoms with Crippen LogP contribution < -0.4 is 4.74 Å². The van der Waals surface area contributed by atoms with Gasteiger partial charge in [-0.1, -0.05) is 13.3 Å². The molecular weight excluding hydrogens is 321 g/mol. The third-order valence-electron chi connectivity index (χ3n) is 2.88. The van der Waals surface area contributed by atoms with E-state index in [1.165, 1.54) is 12.1 Å². The predicted molar refractivity (Wildman–Crippen MR) is 76.1 cm³/mol. The number of ether oxygens (including phenoxy) is 1. The maximum atomic E-state index is 12.4. The second kappa shape index (κ2) is 7.82. The Morgan fingerprint density at radius 3 is 2.18 bits per heavy atom. The molecule has 0 aromatic heterocycles. The first-order valence-corrected chi connectivity index (χ1v) is 8.58. The summed E-state index contributed by atoms with van der Waals surface area (Å²) in [5, 5.41) is 0. The van der Waals surface area contributed by atoms with Crippen molar-refractivity contribution in [2.75, 3.05) is 19.5 Å². The maximum absolute atomic E-state index is 12.4. The van der Waals surface area contributed by atoms with E-state index < -0.39 is 21.9 Å². The Hall–Kier alpha value is -1.28. The van der Waals surface area contributed by atoms with Crippen molar-refractivity contribution in [2.24, 2.45) is 5.92 Å². The summed E-state index contributed by atoms with van der Waals surface area (Å²) in [6.45, 7) is 2.10. The Balaban J connectivity index is 2.57. The number of benzene rings is 1. The van der Waals surface area contributed by atoms with E-state index in [0.29, 0.717) is 12.2 Å². The quantitative estimate of drug-likeness (QED) is 0.680. The molecular formula is C14H19F3O4S. The summed E-state index contributed by atoms with van der Waals surface area (Å²) in [7, 11) is -3.52. The number of rotatable bonds is 8. The van der Waals surface area contributed by atoms with E-state index in [1.54, 1.807) is 0 Å². The van der Waals surface area contributed by atoms with Crippen molar-refractivity contribution in [3.8, 4) is 5.75 Å². The van der Waals surface area contributed by atoms with Crippen LogP contribution in [0.3, 0.4) is 0 Å². The van der Waals surface area contributed by atoms with Crippen molar-refractivity contribution in [1.29, 1.82) is 0 Å². The van der Waals surface area contributed by atoms with E-state index in [4.69, 9.17) is 8.92 Å². The molecule has 0 saturated heterocycles. The molecule has 1 aromatic rings. The molecule has 0 aliphatic carbocycles. The van der Waals surface area contributed by atoms with Crippen molar-refractivity contribution in [2.45, 2.75) is 25.9 Å². The molecule has 22 heavy (non-hydrogen) atoms. The third-order valence-corrected chi connectivity index (χ3v) is 3.45. The summed E-state index contributed by atoms with van der Waals surface area (Å²) in [6, 6.07) is 4.36. The van der Waals surface area contributed by atoms with Gasteiger partial charge in [0.1, 0.15) is 5.75 Å². The topological polar surface area (TPSA) is 52.6 Å². The summed E-state index contributed by atoms with van der Waals surface area (Å²) in [6.07, 6.45) is -1.91. The summed E-state index contributed by atoms with van der Waals surface area (Å²) in [5.41, 5.74) is -0.745. The van der Waals surface area contributed by atoms with E-state index in [9.17, 15) is 21.6 Å². The lowest BCUT2D eigenvalue weighted by Gasteiger charge is -2.16. The van der Waals surface area contributed by atoms with Crippen LogP contribution in [0.2, 0.25) is 0 Å². The van der Waals surface area contributed by atoms with Crippen LogP contribution in [0, 0.1) is 5.92 Å². The SMILES string of the molecule is CCCC(COc1ccc(C(F)(F)F)cc1)COS(C)(=O)=O. The molecule has 0 aliphatic rings. The second-order valence-electron chi connectivity index (χ2n) is 4.98. The Kier molecular flexibility index (Phi) is 6.67. The average molecular weight is 340 g/mol. The van der Waals surface area contributed by atoms with Gasteiger partial charge in [0.2, 0.25) is 0 Å². The minimum absolute atomic E-state index is 0.00664. The number of hydrogen-bond acceptors (Lipinski definition) is 4. The van der Waals surface area contributed by atoms with E-state index >= 15 is 0 Å². The van der Waals surface area contributed by atoms with E-state index in [-0.39, 0.29) is 19.1 Å². The monoisotopic (exact) mass is 340 g/mol. The second-order valence-corrected chi connectivity index (χ2v) is 6.62. The van der Waals surface area contributed by atoms with E-state index in [1.807, 2.05) is 6.92 Å². The summed E-state index contributed by atoms with van der Waals surface area (Å²) in [5.74, 6) is 0.149. The molecule has 0 N–H and O–H groups in total. The highest BCUT2D eigenvalue weighted by molar-refractivity contribution is 7.85. The van der Waals surface area contributed by atoms with Crippen molar-refractivity contribution >= 4 is 10.1 Å². The van der Waals surface area contributed by atoms with Gasteiger partial charge in [-0.15, -0.1) is 0 Å². The van der Waals surface area contributed by atoms with Gasteiger partial charge in [0.05, 0.1) is 25.0 Å². The predicted octanol–water partition coefficient (Wildman–Crippen LogP) is 3.48. The average Bonchev–Trinajstić information content (AvgIpc) is 2.40. The molecule has 1 rings (SSSR count). The van der Waals surface area contributed by atoms with Gasteiger partial charge in [-0.3, -0.25) is 4.18 Å². The third kappa shape index (κ3) is 7.13. The molecule has 0 bridgehead atoms. The lowest BCUT2D eigenvalue weighted by Crippen LogP contribution is -2.20. The van der Waals surface area contributed by atoms with Crippen LogP contribution >= 0.6 is 0 Å². The maximum Gasteiger partial charge on any atom is 0.416 e. The Morgan fingerprint density at radius 2 is 1.73 bits per heavy atom. The first-order valence-electron chi connectivity index (χ1n) is 6.76. The zero-order valence-electron chi connectivity index (χ0n) is 12.4. The minimum Gasteiger partial charge on any atom is -0.493 e. The van der Waals surface area contributed by atoms with Crippen LogP contribution in [-0.4, -0.2) is 27.9 Å². The van der Waals surface area contributed by atoms with Gasteiger partial charge < -0.3 is 4.74 Å². The van der Waals surface area contributed by atoms with Gasteiger partial charge in [0.25, 0.3) is 10.1 Å². The van der Waals surface area contributed by atoms with Gasteiger partial charge in [0, 0.05) is 5.92 Å². The molecule has 126 valence electrons. The lowest BCUT2D eigenvalue weighted by molar-refractivity contribution is -0.137. The van der Waals surface area contributed by atoms with Gasteiger partial charge >= 0.3 is 6.18 Å². The van der Waals surface area contributed by atoms with E-state index in [0.717, 1.165) is 24.8 Å². The van der Waals surface area contributed by atoms with Crippen LogP contribution in [-0.2, 0) is 20.5 Å². The zero-order chi connectivity index (χ0) is 16.8.